The number of ether oxygens (including phenoxy) is 2. The average molecular weight is 393 g/mol. The third-order valence-electron chi connectivity index (χ3n) is 3.62. The van der Waals surface area contributed by atoms with Gasteiger partial charge in [0, 0.05) is 24.2 Å². The molecule has 0 aromatic heterocycles. The van der Waals surface area contributed by atoms with Gasteiger partial charge < -0.3 is 14.8 Å². The number of benzene rings is 2. The van der Waals surface area contributed by atoms with Gasteiger partial charge in [-0.1, -0.05) is 35.3 Å². The van der Waals surface area contributed by atoms with Crippen molar-refractivity contribution in [3.05, 3.63) is 63.9 Å². The lowest BCUT2D eigenvalue weighted by molar-refractivity contribution is -0.0432. The van der Waals surface area contributed by atoms with Crippen LogP contribution >= 0.6 is 35.6 Å². The van der Waals surface area contributed by atoms with E-state index in [1.807, 2.05) is 18.2 Å². The number of morpholine rings is 1. The van der Waals surface area contributed by atoms with Crippen LogP contribution < -0.4 is 10.1 Å². The molecule has 24 heavy (non-hydrogen) atoms. The van der Waals surface area contributed by atoms with Crippen molar-refractivity contribution in [1.29, 1.82) is 0 Å². The molecule has 0 radical (unpaired) electrons. The molecule has 7 heteroatoms. The molecular weight excluding hydrogens is 376 g/mol. The van der Waals surface area contributed by atoms with Gasteiger partial charge in [-0.05, 0) is 29.8 Å². The fraction of sp³-hybridized carbons (Fsp3) is 0.294. The number of rotatable bonds is 4. The van der Waals surface area contributed by atoms with Crippen LogP contribution in [0.4, 0.5) is 4.39 Å². The predicted octanol–water partition coefficient (Wildman–Crippen LogP) is 4.66. The second-order valence-electron chi connectivity index (χ2n) is 5.28. The first-order valence-electron chi connectivity index (χ1n) is 7.33. The van der Waals surface area contributed by atoms with Crippen LogP contribution in [0.25, 0.3) is 0 Å². The molecule has 1 heterocycles. The Labute approximate surface area is 156 Å². The Morgan fingerprint density at radius 2 is 2.04 bits per heavy atom. The van der Waals surface area contributed by atoms with E-state index >= 15 is 0 Å². The van der Waals surface area contributed by atoms with E-state index in [0.29, 0.717) is 23.2 Å². The maximum Gasteiger partial charge on any atom is 0.151 e. The van der Waals surface area contributed by atoms with Crippen molar-refractivity contribution in [1.82, 2.24) is 5.32 Å². The molecular formula is C17H17Cl3FNO2. The summed E-state index contributed by atoms with van der Waals surface area (Å²) in [5, 5.41) is 4.22. The molecule has 1 N–H and O–H groups in total. The summed E-state index contributed by atoms with van der Waals surface area (Å²) in [6, 6.07) is 11.4. The largest absolute Gasteiger partial charge is 0.481 e. The summed E-state index contributed by atoms with van der Waals surface area (Å²) in [7, 11) is 0. The van der Waals surface area contributed by atoms with Crippen LogP contribution in [-0.2, 0) is 4.74 Å². The first-order chi connectivity index (χ1) is 11.1. The second-order valence-corrected chi connectivity index (χ2v) is 6.13. The van der Waals surface area contributed by atoms with Gasteiger partial charge in [-0.3, -0.25) is 0 Å². The monoisotopic (exact) mass is 391 g/mol. The Morgan fingerprint density at radius 3 is 2.75 bits per heavy atom. The number of hydrogen-bond acceptors (Lipinski definition) is 3. The van der Waals surface area contributed by atoms with Gasteiger partial charge in [0.15, 0.2) is 6.10 Å². The van der Waals surface area contributed by atoms with Crippen molar-refractivity contribution >= 4 is 35.6 Å². The molecule has 1 aliphatic heterocycles. The highest BCUT2D eigenvalue weighted by Crippen LogP contribution is 2.33. The minimum absolute atomic E-state index is 0. The molecule has 130 valence electrons. The number of halogens is 4. The van der Waals surface area contributed by atoms with E-state index < -0.39 is 11.9 Å². The van der Waals surface area contributed by atoms with Crippen LogP contribution in [-0.4, -0.2) is 25.8 Å². The smallest absolute Gasteiger partial charge is 0.151 e. The topological polar surface area (TPSA) is 30.5 Å². The van der Waals surface area contributed by atoms with E-state index in [1.165, 1.54) is 18.2 Å². The summed E-state index contributed by atoms with van der Waals surface area (Å²) >= 11 is 12.2. The van der Waals surface area contributed by atoms with Gasteiger partial charge in [-0.15, -0.1) is 12.4 Å². The molecule has 0 aliphatic carbocycles. The molecule has 1 aliphatic rings. The molecule has 3 nitrogen and oxygen atoms in total. The van der Waals surface area contributed by atoms with E-state index in [1.54, 1.807) is 6.07 Å². The molecule has 0 saturated carbocycles. The zero-order valence-corrected chi connectivity index (χ0v) is 15.0. The lowest BCUT2D eigenvalue weighted by Gasteiger charge is -2.32. The molecule has 2 aromatic rings. The Balaban J connectivity index is 0.00000208. The fourth-order valence-electron chi connectivity index (χ4n) is 2.53. The molecule has 1 fully saturated rings. The van der Waals surface area contributed by atoms with Crippen molar-refractivity contribution in [3.8, 4) is 5.75 Å². The highest BCUT2D eigenvalue weighted by molar-refractivity contribution is 6.32. The molecule has 2 aromatic carbocycles. The summed E-state index contributed by atoms with van der Waals surface area (Å²) < 4.78 is 25.3. The molecule has 2 atom stereocenters. The van der Waals surface area contributed by atoms with Crippen LogP contribution in [0.15, 0.2) is 42.5 Å². The summed E-state index contributed by atoms with van der Waals surface area (Å²) in [5.41, 5.74) is 0.853. The summed E-state index contributed by atoms with van der Waals surface area (Å²) in [6.07, 6.45) is -0.664. The maximum atomic E-state index is 13.5. The zero-order valence-electron chi connectivity index (χ0n) is 12.7. The van der Waals surface area contributed by atoms with Crippen molar-refractivity contribution in [2.45, 2.75) is 12.2 Å². The molecule has 3 rings (SSSR count). The normalized spacial score (nSPS) is 18.5. The minimum atomic E-state index is -0.444. The third-order valence-corrected chi connectivity index (χ3v) is 4.17. The summed E-state index contributed by atoms with van der Waals surface area (Å²) in [6.45, 7) is 2.01. The quantitative estimate of drug-likeness (QED) is 0.820. The van der Waals surface area contributed by atoms with Gasteiger partial charge in [0.25, 0.3) is 0 Å². The first kappa shape index (κ1) is 19.3. The molecule has 0 unspecified atom stereocenters. The van der Waals surface area contributed by atoms with Crippen molar-refractivity contribution < 1.29 is 13.9 Å². The molecule has 0 amide bonds. The lowest BCUT2D eigenvalue weighted by Crippen LogP contribution is -2.43. The molecule has 0 spiro atoms. The Kier molecular flexibility index (Phi) is 7.14. The number of nitrogens with one attached hydrogen (secondary N) is 1. The number of hydrogen-bond donors (Lipinski definition) is 1. The van der Waals surface area contributed by atoms with E-state index in [-0.39, 0.29) is 24.3 Å². The third kappa shape index (κ3) is 4.74. The van der Waals surface area contributed by atoms with E-state index in [0.717, 1.165) is 12.1 Å². The van der Waals surface area contributed by atoms with Gasteiger partial charge in [-0.25, -0.2) is 4.39 Å². The fourth-order valence-corrected chi connectivity index (χ4v) is 2.89. The maximum absolute atomic E-state index is 13.5. The van der Waals surface area contributed by atoms with Gasteiger partial charge in [-0.2, -0.15) is 0 Å². The van der Waals surface area contributed by atoms with Gasteiger partial charge in [0.2, 0.25) is 0 Å². The first-order valence-corrected chi connectivity index (χ1v) is 8.08. The molecule has 0 bridgehead atoms. The Hall–Kier alpha value is -1.04. The Morgan fingerprint density at radius 1 is 1.21 bits per heavy atom. The van der Waals surface area contributed by atoms with Crippen molar-refractivity contribution in [3.63, 3.8) is 0 Å². The SMILES string of the molecule is Cl.Fc1ccc(Cl)c(O[C@@H](c2cccc(Cl)c2)[C@@H]2CNCCO2)c1. The van der Waals surface area contributed by atoms with E-state index in [2.05, 4.69) is 5.32 Å². The highest BCUT2D eigenvalue weighted by atomic mass is 35.5. The van der Waals surface area contributed by atoms with Gasteiger partial charge in [0.05, 0.1) is 11.6 Å². The van der Waals surface area contributed by atoms with Crippen molar-refractivity contribution in [2.24, 2.45) is 0 Å². The zero-order chi connectivity index (χ0) is 16.2. The highest BCUT2D eigenvalue weighted by Gasteiger charge is 2.28. The van der Waals surface area contributed by atoms with Crippen LogP contribution in [0.2, 0.25) is 10.0 Å². The Bertz CT molecular complexity index is 681. The van der Waals surface area contributed by atoms with Gasteiger partial charge >= 0.3 is 0 Å². The average Bonchev–Trinajstić information content (AvgIpc) is 2.56. The van der Waals surface area contributed by atoms with E-state index in [9.17, 15) is 4.39 Å². The molecule has 1 saturated heterocycles. The van der Waals surface area contributed by atoms with Gasteiger partial charge in [0.1, 0.15) is 17.7 Å². The van der Waals surface area contributed by atoms with Crippen LogP contribution in [0.5, 0.6) is 5.75 Å². The van der Waals surface area contributed by atoms with E-state index in [4.69, 9.17) is 32.7 Å². The summed E-state index contributed by atoms with van der Waals surface area (Å²) in [4.78, 5) is 0. The van der Waals surface area contributed by atoms with Crippen molar-refractivity contribution in [2.75, 3.05) is 19.7 Å². The van der Waals surface area contributed by atoms with Crippen LogP contribution in [0.1, 0.15) is 11.7 Å². The summed E-state index contributed by atoms with van der Waals surface area (Å²) in [5.74, 6) is -0.122. The van der Waals surface area contributed by atoms with Crippen LogP contribution in [0, 0.1) is 5.82 Å². The second kappa shape index (κ2) is 8.88. The minimum Gasteiger partial charge on any atom is -0.481 e. The standard InChI is InChI=1S/C17H16Cl2FNO2.ClH/c18-12-3-1-2-11(8-12)17(16-10-21-6-7-22-16)23-15-9-13(20)4-5-14(15)19;/h1-5,8-9,16-17,21H,6-7,10H2;1H/t16-,17-;/m0./s1. The predicted molar refractivity (Wildman–Crippen MR) is 96.1 cm³/mol. The lowest BCUT2D eigenvalue weighted by atomic mass is 10.0. The van der Waals surface area contributed by atoms with Crippen LogP contribution in [0.3, 0.4) is 0 Å².